The Morgan fingerprint density at radius 2 is 2.00 bits per heavy atom. The number of benzene rings is 1. The quantitative estimate of drug-likeness (QED) is 0.755. The lowest BCUT2D eigenvalue weighted by Crippen LogP contribution is -2.24. The Balaban J connectivity index is 2.28. The summed E-state index contributed by atoms with van der Waals surface area (Å²) >= 11 is 0. The summed E-state index contributed by atoms with van der Waals surface area (Å²) in [6.07, 6.45) is 0.0644. The van der Waals surface area contributed by atoms with Crippen LogP contribution in [0.25, 0.3) is 0 Å². The van der Waals surface area contributed by atoms with Gasteiger partial charge in [0.05, 0.1) is 12.0 Å². The Bertz CT molecular complexity index is 388. The summed E-state index contributed by atoms with van der Waals surface area (Å²) in [5.41, 5.74) is 0.843. The Hall–Kier alpha value is -1.84. The number of carboxylic acid groups (broad SMARTS) is 1. The molecule has 0 radical (unpaired) electrons. The van der Waals surface area contributed by atoms with Crippen LogP contribution in [0.3, 0.4) is 0 Å². The average molecular weight is 205 g/mol. The Labute approximate surface area is 86.9 Å². The van der Waals surface area contributed by atoms with E-state index >= 15 is 0 Å². The summed E-state index contributed by atoms with van der Waals surface area (Å²) in [4.78, 5) is 22.1. The SMILES string of the molecule is O=C1CC(C(=O)O)C(c2ccccc2)N1. The molecular formula is C11H11NO3. The number of carbonyl (C=O) groups is 2. The molecule has 2 N–H and O–H groups in total. The molecule has 1 fully saturated rings. The third-order valence-corrected chi connectivity index (χ3v) is 2.60. The molecule has 2 atom stereocenters. The van der Waals surface area contributed by atoms with Crippen LogP contribution in [0.2, 0.25) is 0 Å². The number of hydrogen-bond donors (Lipinski definition) is 2. The molecule has 15 heavy (non-hydrogen) atoms. The number of carboxylic acids is 1. The van der Waals surface area contributed by atoms with Crippen LogP contribution in [0.4, 0.5) is 0 Å². The molecule has 0 bridgehead atoms. The summed E-state index contributed by atoms with van der Waals surface area (Å²) in [6.45, 7) is 0. The topological polar surface area (TPSA) is 66.4 Å². The van der Waals surface area contributed by atoms with Gasteiger partial charge in [0.15, 0.2) is 0 Å². The Morgan fingerprint density at radius 1 is 1.33 bits per heavy atom. The number of hydrogen-bond acceptors (Lipinski definition) is 2. The van der Waals surface area contributed by atoms with Crippen molar-refractivity contribution in [2.75, 3.05) is 0 Å². The van der Waals surface area contributed by atoms with E-state index in [1.165, 1.54) is 0 Å². The van der Waals surface area contributed by atoms with E-state index in [1.54, 1.807) is 0 Å². The van der Waals surface area contributed by atoms with Gasteiger partial charge in [-0.3, -0.25) is 9.59 Å². The number of amides is 1. The van der Waals surface area contributed by atoms with Crippen LogP contribution in [0.1, 0.15) is 18.0 Å². The van der Waals surface area contributed by atoms with E-state index in [1.807, 2.05) is 30.3 Å². The predicted octanol–water partition coefficient (Wildman–Crippen LogP) is 0.948. The largest absolute Gasteiger partial charge is 0.481 e. The van der Waals surface area contributed by atoms with Gasteiger partial charge in [-0.25, -0.2) is 0 Å². The fourth-order valence-corrected chi connectivity index (χ4v) is 1.86. The minimum atomic E-state index is -0.929. The molecule has 2 rings (SSSR count). The molecule has 1 aromatic rings. The van der Waals surface area contributed by atoms with E-state index < -0.39 is 17.9 Å². The molecule has 1 aromatic carbocycles. The molecule has 1 heterocycles. The molecule has 4 heteroatoms. The van der Waals surface area contributed by atoms with Crippen molar-refractivity contribution in [2.24, 2.45) is 5.92 Å². The number of rotatable bonds is 2. The van der Waals surface area contributed by atoms with Crippen molar-refractivity contribution >= 4 is 11.9 Å². The fraction of sp³-hybridized carbons (Fsp3) is 0.273. The normalized spacial score (nSPS) is 24.9. The molecule has 4 nitrogen and oxygen atoms in total. The molecule has 0 aliphatic carbocycles. The molecule has 78 valence electrons. The van der Waals surface area contributed by atoms with Gasteiger partial charge in [-0.1, -0.05) is 30.3 Å². The van der Waals surface area contributed by atoms with E-state index in [-0.39, 0.29) is 12.3 Å². The third kappa shape index (κ3) is 1.83. The molecule has 1 saturated heterocycles. The molecule has 2 unspecified atom stereocenters. The van der Waals surface area contributed by atoms with Gasteiger partial charge in [-0.2, -0.15) is 0 Å². The second kappa shape index (κ2) is 3.73. The van der Waals surface area contributed by atoms with Crippen molar-refractivity contribution in [3.05, 3.63) is 35.9 Å². The van der Waals surface area contributed by atoms with Crippen molar-refractivity contribution in [3.8, 4) is 0 Å². The summed E-state index contributed by atoms with van der Waals surface area (Å²) in [6, 6.07) is 8.78. The van der Waals surface area contributed by atoms with Gasteiger partial charge in [0.2, 0.25) is 5.91 Å². The number of nitrogens with one attached hydrogen (secondary N) is 1. The van der Waals surface area contributed by atoms with Crippen LogP contribution in [0.5, 0.6) is 0 Å². The lowest BCUT2D eigenvalue weighted by Gasteiger charge is -2.15. The molecule has 0 aromatic heterocycles. The molecule has 0 spiro atoms. The second-order valence-corrected chi connectivity index (χ2v) is 3.60. The van der Waals surface area contributed by atoms with Crippen molar-refractivity contribution in [1.82, 2.24) is 5.32 Å². The van der Waals surface area contributed by atoms with Gasteiger partial charge >= 0.3 is 5.97 Å². The van der Waals surface area contributed by atoms with Crippen molar-refractivity contribution in [1.29, 1.82) is 0 Å². The minimum Gasteiger partial charge on any atom is -0.481 e. The lowest BCUT2D eigenvalue weighted by atomic mass is 9.94. The Morgan fingerprint density at radius 3 is 2.60 bits per heavy atom. The summed E-state index contributed by atoms with van der Waals surface area (Å²) < 4.78 is 0. The van der Waals surface area contributed by atoms with Crippen LogP contribution in [-0.2, 0) is 9.59 Å². The zero-order valence-electron chi connectivity index (χ0n) is 8.01. The molecule has 1 aliphatic rings. The summed E-state index contributed by atoms with van der Waals surface area (Å²) in [7, 11) is 0. The predicted molar refractivity (Wildman–Crippen MR) is 53.1 cm³/mol. The van der Waals surface area contributed by atoms with Crippen molar-refractivity contribution < 1.29 is 14.7 Å². The molecule has 0 saturated carbocycles. The second-order valence-electron chi connectivity index (χ2n) is 3.60. The van der Waals surface area contributed by atoms with E-state index in [9.17, 15) is 9.59 Å². The van der Waals surface area contributed by atoms with E-state index in [0.717, 1.165) is 5.56 Å². The first kappa shape index (κ1) is 9.71. The number of carbonyl (C=O) groups excluding carboxylic acids is 1. The number of aliphatic carboxylic acids is 1. The standard InChI is InChI=1S/C11H11NO3/c13-9-6-8(11(14)15)10(12-9)7-4-2-1-3-5-7/h1-5,8,10H,6H2,(H,12,13)(H,14,15). The van der Waals surface area contributed by atoms with Gasteiger partial charge in [0.1, 0.15) is 0 Å². The van der Waals surface area contributed by atoms with Gasteiger partial charge in [-0.05, 0) is 5.56 Å². The maximum Gasteiger partial charge on any atom is 0.309 e. The maximum atomic E-state index is 11.2. The smallest absolute Gasteiger partial charge is 0.309 e. The highest BCUT2D eigenvalue weighted by Gasteiger charge is 2.38. The molecular weight excluding hydrogens is 194 g/mol. The minimum absolute atomic E-state index is 0.0644. The first-order valence-corrected chi connectivity index (χ1v) is 4.75. The summed E-state index contributed by atoms with van der Waals surface area (Å²) in [5.74, 6) is -1.78. The van der Waals surface area contributed by atoms with Gasteiger partial charge in [0, 0.05) is 6.42 Å². The summed E-state index contributed by atoms with van der Waals surface area (Å²) in [5, 5.41) is 11.7. The van der Waals surface area contributed by atoms with E-state index in [2.05, 4.69) is 5.32 Å². The lowest BCUT2D eigenvalue weighted by molar-refractivity contribution is -0.142. The van der Waals surface area contributed by atoms with E-state index in [0.29, 0.717) is 0 Å². The van der Waals surface area contributed by atoms with Crippen LogP contribution in [-0.4, -0.2) is 17.0 Å². The van der Waals surface area contributed by atoms with Crippen molar-refractivity contribution in [2.45, 2.75) is 12.5 Å². The van der Waals surface area contributed by atoms with Crippen LogP contribution in [0, 0.1) is 5.92 Å². The van der Waals surface area contributed by atoms with Gasteiger partial charge in [-0.15, -0.1) is 0 Å². The van der Waals surface area contributed by atoms with Gasteiger partial charge < -0.3 is 10.4 Å². The maximum absolute atomic E-state index is 11.2. The third-order valence-electron chi connectivity index (χ3n) is 2.60. The van der Waals surface area contributed by atoms with Crippen molar-refractivity contribution in [3.63, 3.8) is 0 Å². The monoisotopic (exact) mass is 205 g/mol. The fourth-order valence-electron chi connectivity index (χ4n) is 1.86. The highest BCUT2D eigenvalue weighted by atomic mass is 16.4. The zero-order valence-corrected chi connectivity index (χ0v) is 8.01. The first-order chi connectivity index (χ1) is 7.18. The highest BCUT2D eigenvalue weighted by molar-refractivity contribution is 5.87. The average Bonchev–Trinajstić information content (AvgIpc) is 2.62. The van der Waals surface area contributed by atoms with E-state index in [4.69, 9.17) is 5.11 Å². The Kier molecular flexibility index (Phi) is 2.41. The van der Waals surface area contributed by atoms with Crippen LogP contribution in [0.15, 0.2) is 30.3 Å². The highest BCUT2D eigenvalue weighted by Crippen LogP contribution is 2.30. The zero-order chi connectivity index (χ0) is 10.8. The molecule has 1 aliphatic heterocycles. The molecule has 1 amide bonds. The van der Waals surface area contributed by atoms with Gasteiger partial charge in [0.25, 0.3) is 0 Å². The van der Waals surface area contributed by atoms with Crippen LogP contribution < -0.4 is 5.32 Å². The van der Waals surface area contributed by atoms with Crippen LogP contribution >= 0.6 is 0 Å². The first-order valence-electron chi connectivity index (χ1n) is 4.75.